The van der Waals surface area contributed by atoms with Crippen molar-refractivity contribution in [3.8, 4) is 0 Å². The number of likely N-dealkylation sites (tertiary alicyclic amines) is 1. The van der Waals surface area contributed by atoms with Gasteiger partial charge in [-0.25, -0.2) is 0 Å². The van der Waals surface area contributed by atoms with Crippen molar-refractivity contribution >= 4 is 12.2 Å². The Morgan fingerprint density at radius 3 is 1.80 bits per heavy atom. The van der Waals surface area contributed by atoms with Crippen LogP contribution in [0.4, 0.5) is 0 Å². The maximum atomic E-state index is 9.59. The molecule has 5 nitrogen and oxygen atoms in total. The van der Waals surface area contributed by atoms with Crippen molar-refractivity contribution in [1.82, 2.24) is 4.90 Å². The molecule has 1 amide bonds. The Morgan fingerprint density at radius 2 is 1.60 bits per heavy atom. The molecule has 0 radical (unpaired) electrons. The van der Waals surface area contributed by atoms with E-state index in [4.69, 9.17) is 0 Å². The lowest BCUT2D eigenvalue weighted by Gasteiger charge is -2.18. The summed E-state index contributed by atoms with van der Waals surface area (Å²) in [6.07, 6.45) is 9.01. The number of rotatable bonds is 5. The summed E-state index contributed by atoms with van der Waals surface area (Å²) in [5.74, 6) is -0.245. The molecule has 0 aromatic carbocycles. The Kier molecular flexibility index (Phi) is 53.8. The normalized spacial score (nSPS) is 14.2. The standard InChI is InChI=1S/C9H19N.C3H7NO.C3H6O.C2H6.C2H4.CH5N/c1-3-4-6-9-7-5-8-10(9)2;1-2-3(4)5;1-2-3-4;3*1-2/h9H,3-8H2,1-2H3;2H2,1H3,(H2,4,5);3H,2H2,1H3;1-2H3;1-2H2;2H2,1H3/t9-;;;;;/m0...../s1. The van der Waals surface area contributed by atoms with Crippen LogP contribution in [0.1, 0.15) is 79.6 Å². The van der Waals surface area contributed by atoms with Gasteiger partial charge in [0.1, 0.15) is 6.29 Å². The molecule has 1 fully saturated rings. The third-order valence-corrected chi connectivity index (χ3v) is 3.08. The summed E-state index contributed by atoms with van der Waals surface area (Å²) in [4.78, 5) is 21.3. The van der Waals surface area contributed by atoms with E-state index >= 15 is 0 Å². The number of amides is 1. The first kappa shape index (κ1) is 35.0. The Morgan fingerprint density at radius 1 is 1.20 bits per heavy atom. The molecule has 1 heterocycles. The molecule has 4 N–H and O–H groups in total. The SMILES string of the molecule is C=C.CC.CCC(N)=O.CCC=O.CCCC[C@H]1CCCN1C.CN. The highest BCUT2D eigenvalue weighted by atomic mass is 16.1. The summed E-state index contributed by atoms with van der Waals surface area (Å²) in [5, 5.41) is 0. The van der Waals surface area contributed by atoms with E-state index in [1.54, 1.807) is 6.92 Å². The number of nitrogens with two attached hydrogens (primary N) is 2. The lowest BCUT2D eigenvalue weighted by Crippen LogP contribution is -2.24. The summed E-state index contributed by atoms with van der Waals surface area (Å²) in [6.45, 7) is 17.1. The predicted molar refractivity (Wildman–Crippen MR) is 114 cm³/mol. The average molecular weight is 362 g/mol. The van der Waals surface area contributed by atoms with Gasteiger partial charge in [0.05, 0.1) is 0 Å². The van der Waals surface area contributed by atoms with E-state index < -0.39 is 0 Å². The molecular formula is C20H47N3O2. The van der Waals surface area contributed by atoms with Crippen LogP contribution in [-0.4, -0.2) is 43.8 Å². The zero-order valence-electron chi connectivity index (χ0n) is 18.1. The first-order valence-corrected chi connectivity index (χ1v) is 9.53. The van der Waals surface area contributed by atoms with Crippen molar-refractivity contribution in [2.24, 2.45) is 11.5 Å². The molecule has 1 aliphatic heterocycles. The molecule has 154 valence electrons. The third kappa shape index (κ3) is 39.5. The maximum absolute atomic E-state index is 9.59. The van der Waals surface area contributed by atoms with Gasteiger partial charge in [-0.05, 0) is 39.9 Å². The van der Waals surface area contributed by atoms with Gasteiger partial charge in [-0.3, -0.25) is 4.79 Å². The zero-order chi connectivity index (χ0) is 21.1. The summed E-state index contributed by atoms with van der Waals surface area (Å²) in [7, 11) is 3.76. The number of unbranched alkanes of at least 4 members (excludes halogenated alkanes) is 1. The Bertz CT molecular complexity index is 237. The molecule has 0 saturated carbocycles. The van der Waals surface area contributed by atoms with Crippen LogP contribution in [0.5, 0.6) is 0 Å². The van der Waals surface area contributed by atoms with Gasteiger partial charge in [0.15, 0.2) is 0 Å². The number of hydrogen-bond donors (Lipinski definition) is 2. The number of primary amides is 1. The Labute approximate surface area is 158 Å². The van der Waals surface area contributed by atoms with Crippen LogP contribution in [0.25, 0.3) is 0 Å². The van der Waals surface area contributed by atoms with E-state index in [1.807, 2.05) is 20.8 Å². The molecule has 0 unspecified atom stereocenters. The highest BCUT2D eigenvalue weighted by Gasteiger charge is 2.19. The second kappa shape index (κ2) is 38.4. The number of aldehydes is 1. The van der Waals surface area contributed by atoms with Crippen molar-refractivity contribution in [3.63, 3.8) is 0 Å². The van der Waals surface area contributed by atoms with Crippen molar-refractivity contribution in [3.05, 3.63) is 13.2 Å². The van der Waals surface area contributed by atoms with Crippen LogP contribution in [0, 0.1) is 0 Å². The molecule has 25 heavy (non-hydrogen) atoms. The van der Waals surface area contributed by atoms with Crippen molar-refractivity contribution in [2.45, 2.75) is 85.6 Å². The van der Waals surface area contributed by atoms with Crippen LogP contribution in [0.3, 0.4) is 0 Å². The predicted octanol–water partition coefficient (Wildman–Crippen LogP) is 4.15. The Balaban J connectivity index is -0.0000000760. The molecule has 1 saturated heterocycles. The molecule has 0 aromatic rings. The van der Waals surface area contributed by atoms with E-state index in [2.05, 4.69) is 43.5 Å². The third-order valence-electron chi connectivity index (χ3n) is 3.08. The number of nitrogens with zero attached hydrogens (tertiary/aromatic N) is 1. The van der Waals surface area contributed by atoms with E-state index in [-0.39, 0.29) is 5.91 Å². The van der Waals surface area contributed by atoms with Gasteiger partial charge in [-0.2, -0.15) is 0 Å². The Hall–Kier alpha value is -1.20. The summed E-state index contributed by atoms with van der Waals surface area (Å²) in [5.41, 5.74) is 9.15. The van der Waals surface area contributed by atoms with Crippen LogP contribution >= 0.6 is 0 Å². The van der Waals surface area contributed by atoms with Crippen LogP contribution in [0.15, 0.2) is 13.2 Å². The van der Waals surface area contributed by atoms with Crippen molar-refractivity contribution in [1.29, 1.82) is 0 Å². The van der Waals surface area contributed by atoms with E-state index in [1.165, 1.54) is 45.7 Å². The summed E-state index contributed by atoms with van der Waals surface area (Å²) < 4.78 is 0. The molecule has 1 rings (SSSR count). The lowest BCUT2D eigenvalue weighted by molar-refractivity contribution is -0.117. The smallest absolute Gasteiger partial charge is 0.217 e. The molecule has 5 heteroatoms. The molecule has 1 aliphatic rings. The first-order valence-electron chi connectivity index (χ1n) is 9.53. The van der Waals surface area contributed by atoms with Crippen LogP contribution in [0.2, 0.25) is 0 Å². The first-order chi connectivity index (χ1) is 12.0. The van der Waals surface area contributed by atoms with Gasteiger partial charge in [0, 0.05) is 18.9 Å². The van der Waals surface area contributed by atoms with Gasteiger partial charge in [-0.1, -0.05) is 47.5 Å². The molecule has 0 aliphatic carbocycles. The van der Waals surface area contributed by atoms with Gasteiger partial charge < -0.3 is 21.2 Å². The minimum atomic E-state index is -0.245. The molecule has 0 bridgehead atoms. The summed E-state index contributed by atoms with van der Waals surface area (Å²) >= 11 is 0. The second-order valence-electron chi connectivity index (χ2n) is 4.81. The maximum Gasteiger partial charge on any atom is 0.217 e. The average Bonchev–Trinajstić information content (AvgIpc) is 3.10. The highest BCUT2D eigenvalue weighted by molar-refractivity contribution is 5.73. The largest absolute Gasteiger partial charge is 0.370 e. The van der Waals surface area contributed by atoms with Crippen molar-refractivity contribution < 1.29 is 9.59 Å². The fourth-order valence-corrected chi connectivity index (χ4v) is 1.78. The molecular weight excluding hydrogens is 314 g/mol. The number of hydrogen-bond acceptors (Lipinski definition) is 4. The minimum absolute atomic E-state index is 0.245. The number of carbonyl (C=O) groups excluding carboxylic acids is 2. The topological polar surface area (TPSA) is 89.4 Å². The molecule has 0 aromatic heterocycles. The number of carbonyl (C=O) groups is 2. The second-order valence-corrected chi connectivity index (χ2v) is 4.81. The monoisotopic (exact) mass is 361 g/mol. The summed E-state index contributed by atoms with van der Waals surface area (Å²) in [6, 6.07) is 0.917. The quantitative estimate of drug-likeness (QED) is 0.568. The van der Waals surface area contributed by atoms with E-state index in [0.717, 1.165) is 12.3 Å². The van der Waals surface area contributed by atoms with Gasteiger partial charge in [-0.15, -0.1) is 13.2 Å². The minimum Gasteiger partial charge on any atom is -0.370 e. The zero-order valence-corrected chi connectivity index (χ0v) is 18.1. The van der Waals surface area contributed by atoms with Gasteiger partial charge in [0.2, 0.25) is 5.91 Å². The van der Waals surface area contributed by atoms with Gasteiger partial charge >= 0.3 is 0 Å². The highest BCUT2D eigenvalue weighted by Crippen LogP contribution is 2.19. The van der Waals surface area contributed by atoms with Crippen LogP contribution < -0.4 is 11.5 Å². The molecule has 1 atom stereocenters. The van der Waals surface area contributed by atoms with E-state index in [0.29, 0.717) is 12.8 Å². The van der Waals surface area contributed by atoms with E-state index in [9.17, 15) is 9.59 Å². The van der Waals surface area contributed by atoms with Gasteiger partial charge in [0.25, 0.3) is 0 Å². The van der Waals surface area contributed by atoms with Crippen molar-refractivity contribution in [2.75, 3.05) is 20.6 Å². The molecule has 0 spiro atoms. The fourth-order valence-electron chi connectivity index (χ4n) is 1.78. The van der Waals surface area contributed by atoms with Crippen LogP contribution in [-0.2, 0) is 9.59 Å². The lowest BCUT2D eigenvalue weighted by atomic mass is 10.1. The fraction of sp³-hybridized carbons (Fsp3) is 0.800.